The van der Waals surface area contributed by atoms with E-state index < -0.39 is 16.4 Å². The summed E-state index contributed by atoms with van der Waals surface area (Å²) in [5, 5.41) is 19.7. The molecule has 0 heterocycles. The maximum absolute atomic E-state index is 13.6. The predicted molar refractivity (Wildman–Crippen MR) is 74.9 cm³/mol. The average Bonchev–Trinajstić information content (AvgIpc) is 2.40. The summed E-state index contributed by atoms with van der Waals surface area (Å²) in [6, 6.07) is 4.26. The number of nitro groups is 1. The van der Waals surface area contributed by atoms with Crippen molar-refractivity contribution in [1.29, 1.82) is 0 Å². The molecule has 5 nitrogen and oxygen atoms in total. The van der Waals surface area contributed by atoms with Gasteiger partial charge in [-0.25, -0.2) is 0 Å². The molecule has 1 aromatic rings. The molecule has 1 N–H and O–H groups in total. The summed E-state index contributed by atoms with van der Waals surface area (Å²) in [6.07, 6.45) is 1.87. The Balaban J connectivity index is 2.88. The fourth-order valence-corrected chi connectivity index (χ4v) is 2.36. The van der Waals surface area contributed by atoms with Crippen LogP contribution in [0.1, 0.15) is 32.3 Å². The van der Waals surface area contributed by atoms with Gasteiger partial charge in [0.2, 0.25) is 5.82 Å². The number of nitro benzene ring substituents is 1. The number of aliphatic hydroxyl groups excluding tert-OH is 1. The Morgan fingerprint density at radius 3 is 2.50 bits per heavy atom. The minimum absolute atomic E-state index is 0.0337. The van der Waals surface area contributed by atoms with Crippen LogP contribution in [0.25, 0.3) is 0 Å². The van der Waals surface area contributed by atoms with Gasteiger partial charge in [-0.05, 0) is 24.5 Å². The molecule has 0 saturated carbocycles. The normalized spacial score (nSPS) is 11.3. The highest BCUT2D eigenvalue weighted by Crippen LogP contribution is 2.20. The number of benzene rings is 1. The molecule has 0 saturated heterocycles. The van der Waals surface area contributed by atoms with Gasteiger partial charge < -0.3 is 5.11 Å². The fourth-order valence-electron chi connectivity index (χ4n) is 2.36. The molecule has 112 valence electrons. The van der Waals surface area contributed by atoms with E-state index in [1.54, 1.807) is 6.07 Å². The second kappa shape index (κ2) is 7.91. The Morgan fingerprint density at radius 1 is 1.40 bits per heavy atom. The maximum atomic E-state index is 13.6. The number of rotatable bonds is 8. The highest BCUT2D eigenvalue weighted by Gasteiger charge is 2.18. The minimum atomic E-state index is -0.819. The summed E-state index contributed by atoms with van der Waals surface area (Å²) in [6.45, 7) is 5.14. The van der Waals surface area contributed by atoms with Crippen LogP contribution in [0.4, 0.5) is 10.1 Å². The monoisotopic (exact) mass is 284 g/mol. The van der Waals surface area contributed by atoms with Crippen LogP contribution in [-0.4, -0.2) is 34.1 Å². The van der Waals surface area contributed by atoms with Crippen LogP contribution in [0.5, 0.6) is 0 Å². The molecule has 0 aliphatic carbocycles. The van der Waals surface area contributed by atoms with Crippen molar-refractivity contribution in [3.63, 3.8) is 0 Å². The molecule has 0 unspecified atom stereocenters. The van der Waals surface area contributed by atoms with E-state index >= 15 is 0 Å². The first-order chi connectivity index (χ1) is 9.53. The van der Waals surface area contributed by atoms with Crippen LogP contribution < -0.4 is 0 Å². The summed E-state index contributed by atoms with van der Waals surface area (Å²) in [5.74, 6) is -0.819. The fraction of sp³-hybridized carbons (Fsp3) is 0.571. The lowest BCUT2D eigenvalue weighted by molar-refractivity contribution is -0.387. The molecule has 0 aliphatic rings. The number of aliphatic hydroxyl groups is 1. The number of hydrogen-bond acceptors (Lipinski definition) is 4. The molecule has 0 aliphatic heterocycles. The van der Waals surface area contributed by atoms with Crippen molar-refractivity contribution >= 4 is 5.69 Å². The van der Waals surface area contributed by atoms with E-state index in [-0.39, 0.29) is 6.61 Å². The molecule has 0 atom stereocenters. The van der Waals surface area contributed by atoms with E-state index in [4.69, 9.17) is 5.11 Å². The van der Waals surface area contributed by atoms with Crippen molar-refractivity contribution in [3.05, 3.63) is 39.7 Å². The molecule has 0 spiro atoms. The van der Waals surface area contributed by atoms with Gasteiger partial charge in [-0.15, -0.1) is 0 Å². The van der Waals surface area contributed by atoms with E-state index in [9.17, 15) is 14.5 Å². The first kappa shape index (κ1) is 16.5. The van der Waals surface area contributed by atoms with Gasteiger partial charge in [-0.1, -0.05) is 19.9 Å². The first-order valence-electron chi connectivity index (χ1n) is 6.81. The van der Waals surface area contributed by atoms with Gasteiger partial charge in [0.05, 0.1) is 11.5 Å². The van der Waals surface area contributed by atoms with Crippen LogP contribution in [0, 0.1) is 15.9 Å². The molecular weight excluding hydrogens is 263 g/mol. The Bertz CT molecular complexity index is 450. The van der Waals surface area contributed by atoms with Crippen molar-refractivity contribution in [3.8, 4) is 0 Å². The van der Waals surface area contributed by atoms with Crippen molar-refractivity contribution in [2.24, 2.45) is 0 Å². The third-order valence-corrected chi connectivity index (χ3v) is 3.44. The second-order valence-corrected chi connectivity index (χ2v) is 4.71. The summed E-state index contributed by atoms with van der Waals surface area (Å²) >= 11 is 0. The highest BCUT2D eigenvalue weighted by atomic mass is 19.1. The molecule has 0 fully saturated rings. The van der Waals surface area contributed by atoms with Gasteiger partial charge in [0.1, 0.15) is 0 Å². The smallest absolute Gasteiger partial charge is 0.304 e. The van der Waals surface area contributed by atoms with Gasteiger partial charge in [0.15, 0.2) is 0 Å². The lowest BCUT2D eigenvalue weighted by Crippen LogP contribution is -2.36. The van der Waals surface area contributed by atoms with E-state index in [0.29, 0.717) is 24.7 Å². The topological polar surface area (TPSA) is 66.6 Å². The molecule has 1 aromatic carbocycles. The second-order valence-electron chi connectivity index (χ2n) is 4.71. The van der Waals surface area contributed by atoms with Crippen LogP contribution in [0.2, 0.25) is 0 Å². The van der Waals surface area contributed by atoms with E-state index in [1.165, 1.54) is 12.1 Å². The average molecular weight is 284 g/mol. The lowest BCUT2D eigenvalue weighted by atomic mass is 10.1. The predicted octanol–water partition coefficient (Wildman–Crippen LogP) is 2.72. The Kier molecular flexibility index (Phi) is 6.54. The third-order valence-electron chi connectivity index (χ3n) is 3.44. The van der Waals surface area contributed by atoms with Crippen LogP contribution in [-0.2, 0) is 6.54 Å². The molecule has 0 bridgehead atoms. The largest absolute Gasteiger partial charge is 0.395 e. The number of nitrogens with zero attached hydrogens (tertiary/aromatic N) is 2. The highest BCUT2D eigenvalue weighted by molar-refractivity contribution is 5.35. The lowest BCUT2D eigenvalue weighted by Gasteiger charge is -2.29. The summed E-state index contributed by atoms with van der Waals surface area (Å²) in [7, 11) is 0. The zero-order valence-electron chi connectivity index (χ0n) is 11.9. The zero-order chi connectivity index (χ0) is 15.1. The molecule has 6 heteroatoms. The van der Waals surface area contributed by atoms with Gasteiger partial charge in [0.25, 0.3) is 0 Å². The van der Waals surface area contributed by atoms with Gasteiger partial charge in [-0.3, -0.25) is 15.0 Å². The van der Waals surface area contributed by atoms with Gasteiger partial charge >= 0.3 is 5.69 Å². The van der Waals surface area contributed by atoms with E-state index in [1.807, 2.05) is 0 Å². The Hall–Kier alpha value is -1.53. The molecular formula is C14H21FN2O3. The number of halogens is 1. The van der Waals surface area contributed by atoms with Crippen LogP contribution in [0.3, 0.4) is 0 Å². The summed E-state index contributed by atoms with van der Waals surface area (Å²) < 4.78 is 13.6. The Labute approximate surface area is 118 Å². The Morgan fingerprint density at radius 2 is 2.05 bits per heavy atom. The minimum Gasteiger partial charge on any atom is -0.395 e. The number of hydrogen-bond donors (Lipinski definition) is 1. The quantitative estimate of drug-likeness (QED) is 0.589. The van der Waals surface area contributed by atoms with E-state index in [0.717, 1.165) is 12.8 Å². The van der Waals surface area contributed by atoms with Crippen molar-refractivity contribution in [1.82, 2.24) is 4.90 Å². The van der Waals surface area contributed by atoms with Crippen molar-refractivity contribution < 1.29 is 14.4 Å². The summed E-state index contributed by atoms with van der Waals surface area (Å²) in [4.78, 5) is 11.9. The molecule has 20 heavy (non-hydrogen) atoms. The standard InChI is InChI=1S/C14H21FN2O3/c1-3-12(4-2)16(7-8-18)10-11-5-6-14(17(19)20)13(15)9-11/h5-6,9,12,18H,3-4,7-8,10H2,1-2H3. The summed E-state index contributed by atoms with van der Waals surface area (Å²) in [5.41, 5.74) is 0.165. The van der Waals surface area contributed by atoms with Gasteiger partial charge in [-0.2, -0.15) is 4.39 Å². The first-order valence-corrected chi connectivity index (χ1v) is 6.81. The van der Waals surface area contributed by atoms with Crippen LogP contribution >= 0.6 is 0 Å². The zero-order valence-corrected chi connectivity index (χ0v) is 11.9. The van der Waals surface area contributed by atoms with E-state index in [2.05, 4.69) is 18.7 Å². The SMILES string of the molecule is CCC(CC)N(CCO)Cc1ccc([N+](=O)[O-])c(F)c1. The van der Waals surface area contributed by atoms with Gasteiger partial charge in [0, 0.05) is 25.2 Å². The molecule has 1 rings (SSSR count). The molecule has 0 radical (unpaired) electrons. The third kappa shape index (κ3) is 4.25. The van der Waals surface area contributed by atoms with Crippen LogP contribution in [0.15, 0.2) is 18.2 Å². The van der Waals surface area contributed by atoms with Crippen molar-refractivity contribution in [2.45, 2.75) is 39.3 Å². The molecule has 0 amide bonds. The van der Waals surface area contributed by atoms with Crippen molar-refractivity contribution in [2.75, 3.05) is 13.2 Å². The molecule has 0 aromatic heterocycles. The maximum Gasteiger partial charge on any atom is 0.304 e.